The first kappa shape index (κ1) is 35.7. The van der Waals surface area contributed by atoms with Crippen LogP contribution in [0.25, 0.3) is 0 Å². The molecule has 2 rings (SSSR count). The number of β-lactam (4-membered cyclic amide) rings is 1. The predicted octanol–water partition coefficient (Wildman–Crippen LogP) is 5.52. The van der Waals surface area contributed by atoms with Crippen LogP contribution < -0.4 is 5.32 Å². The predicted molar refractivity (Wildman–Crippen MR) is 167 cm³/mol. The van der Waals surface area contributed by atoms with Gasteiger partial charge in [0, 0.05) is 38.8 Å². The molecule has 0 aliphatic carbocycles. The van der Waals surface area contributed by atoms with Gasteiger partial charge in [-0.05, 0) is 58.9 Å². The molecule has 9 nitrogen and oxygen atoms in total. The molecule has 9 heteroatoms. The van der Waals surface area contributed by atoms with Crippen molar-refractivity contribution in [2.75, 3.05) is 46.0 Å². The topological polar surface area (TPSA) is 91.4 Å². The van der Waals surface area contributed by atoms with Gasteiger partial charge in [-0.25, -0.2) is 9.69 Å². The summed E-state index contributed by atoms with van der Waals surface area (Å²) in [7, 11) is 0. The highest BCUT2D eigenvalue weighted by Gasteiger charge is 2.62. The molecule has 0 spiro atoms. The van der Waals surface area contributed by atoms with Gasteiger partial charge in [0.05, 0.1) is 18.1 Å². The number of urea groups is 1. The van der Waals surface area contributed by atoms with Crippen LogP contribution in [-0.4, -0.2) is 90.8 Å². The Morgan fingerprint density at radius 3 is 2.19 bits per heavy atom. The van der Waals surface area contributed by atoms with Crippen LogP contribution in [0.15, 0.2) is 24.3 Å². The molecule has 1 heterocycles. The first-order valence-corrected chi connectivity index (χ1v) is 16.0. The lowest BCUT2D eigenvalue weighted by molar-refractivity contribution is -0.212. The number of hydrogen-bond acceptors (Lipinski definition) is 6. The Morgan fingerprint density at radius 2 is 1.64 bits per heavy atom. The van der Waals surface area contributed by atoms with Crippen molar-refractivity contribution in [1.82, 2.24) is 20.0 Å². The number of carbonyl (C=O) groups excluding carboxylic acids is 3. The number of carbonyl (C=O) groups is 3. The molecule has 4 amide bonds. The van der Waals surface area contributed by atoms with Crippen molar-refractivity contribution in [3.8, 4) is 0 Å². The minimum Gasteiger partial charge on any atom is -0.380 e. The molecule has 1 aromatic rings. The average molecular weight is 589 g/mol. The van der Waals surface area contributed by atoms with Gasteiger partial charge in [-0.1, -0.05) is 63.9 Å². The Balaban J connectivity index is 2.13. The van der Waals surface area contributed by atoms with Crippen LogP contribution >= 0.6 is 0 Å². The lowest BCUT2D eigenvalue weighted by atomic mass is 9.72. The summed E-state index contributed by atoms with van der Waals surface area (Å²) >= 11 is 0. The smallest absolute Gasteiger partial charge is 0.326 e. The standard InChI is InChI=1S/C33H56N4O5/c1-9-14-28(27-17-15-26(8)16-18-27)34-32(40)37-30(39)33(11-3,12-4)31(37)42-24-29(38)36(19-10-2)21-20-35(25(6)7)22-23-41-13-5/h15-18,25,28,31H,9-14,19-24H2,1-8H3,(H,34,40). The molecular formula is C33H56N4O5. The number of rotatable bonds is 19. The second kappa shape index (κ2) is 17.6. The number of aryl methyl sites for hydroxylation is 1. The molecule has 1 aliphatic rings. The summed E-state index contributed by atoms with van der Waals surface area (Å²) in [5.41, 5.74) is 1.33. The number of imide groups is 1. The van der Waals surface area contributed by atoms with Gasteiger partial charge in [0.2, 0.25) is 11.8 Å². The molecule has 0 aromatic heterocycles. The van der Waals surface area contributed by atoms with Gasteiger partial charge >= 0.3 is 6.03 Å². The fraction of sp³-hybridized carbons (Fsp3) is 0.727. The summed E-state index contributed by atoms with van der Waals surface area (Å²) in [5.74, 6) is -0.372. The van der Waals surface area contributed by atoms with Crippen LogP contribution in [0.4, 0.5) is 4.79 Å². The molecule has 238 valence electrons. The minimum atomic E-state index is -0.814. The molecule has 0 saturated carbocycles. The van der Waals surface area contributed by atoms with E-state index in [1.54, 1.807) is 0 Å². The fourth-order valence-electron chi connectivity index (χ4n) is 5.67. The second-order valence-corrected chi connectivity index (χ2v) is 11.6. The van der Waals surface area contributed by atoms with Gasteiger partial charge < -0.3 is 19.7 Å². The van der Waals surface area contributed by atoms with Crippen molar-refractivity contribution < 1.29 is 23.9 Å². The van der Waals surface area contributed by atoms with Gasteiger partial charge in [-0.2, -0.15) is 0 Å². The van der Waals surface area contributed by atoms with E-state index in [0.29, 0.717) is 45.2 Å². The zero-order valence-corrected chi connectivity index (χ0v) is 27.4. The van der Waals surface area contributed by atoms with E-state index in [1.165, 1.54) is 4.90 Å². The fourth-order valence-corrected chi connectivity index (χ4v) is 5.67. The molecule has 1 N–H and O–H groups in total. The minimum absolute atomic E-state index is 0.130. The van der Waals surface area contributed by atoms with Crippen molar-refractivity contribution in [3.63, 3.8) is 0 Å². The van der Waals surface area contributed by atoms with E-state index in [0.717, 1.165) is 43.5 Å². The van der Waals surface area contributed by atoms with Crippen LogP contribution in [-0.2, 0) is 19.1 Å². The molecule has 0 radical (unpaired) electrons. The maximum absolute atomic E-state index is 13.5. The molecule has 2 unspecified atom stereocenters. The maximum Gasteiger partial charge on any atom is 0.326 e. The summed E-state index contributed by atoms with van der Waals surface area (Å²) < 4.78 is 11.7. The molecule has 2 atom stereocenters. The third kappa shape index (κ3) is 9.01. The number of ether oxygens (including phenoxy) is 2. The van der Waals surface area contributed by atoms with Gasteiger partial charge in [0.15, 0.2) is 6.23 Å². The van der Waals surface area contributed by atoms with Crippen molar-refractivity contribution in [3.05, 3.63) is 35.4 Å². The quantitative estimate of drug-likeness (QED) is 0.169. The lowest BCUT2D eigenvalue weighted by Crippen LogP contribution is -2.72. The highest BCUT2D eigenvalue weighted by molar-refractivity contribution is 6.03. The van der Waals surface area contributed by atoms with Crippen molar-refractivity contribution in [2.45, 2.75) is 106 Å². The zero-order valence-electron chi connectivity index (χ0n) is 27.4. The number of nitrogens with zero attached hydrogens (tertiary/aromatic N) is 3. The van der Waals surface area contributed by atoms with Crippen molar-refractivity contribution in [2.24, 2.45) is 5.41 Å². The molecule has 1 aliphatic heterocycles. The summed E-state index contributed by atoms with van der Waals surface area (Å²) in [6.07, 6.45) is 2.73. The van der Waals surface area contributed by atoms with E-state index < -0.39 is 17.7 Å². The first-order valence-electron chi connectivity index (χ1n) is 16.0. The van der Waals surface area contributed by atoms with Crippen LogP contribution in [0.2, 0.25) is 0 Å². The van der Waals surface area contributed by atoms with Gasteiger partial charge in [-0.15, -0.1) is 0 Å². The number of amides is 4. The highest BCUT2D eigenvalue weighted by atomic mass is 16.5. The molecule has 1 saturated heterocycles. The first-order chi connectivity index (χ1) is 20.1. The highest BCUT2D eigenvalue weighted by Crippen LogP contribution is 2.46. The average Bonchev–Trinajstić information content (AvgIpc) is 2.96. The Hall–Kier alpha value is -2.49. The van der Waals surface area contributed by atoms with Crippen molar-refractivity contribution >= 4 is 17.8 Å². The normalized spacial score (nSPS) is 17.0. The second-order valence-electron chi connectivity index (χ2n) is 11.6. The number of benzene rings is 1. The van der Waals surface area contributed by atoms with Crippen molar-refractivity contribution in [1.29, 1.82) is 0 Å². The molecular weight excluding hydrogens is 532 g/mol. The van der Waals surface area contributed by atoms with Crippen LogP contribution in [0.5, 0.6) is 0 Å². The van der Waals surface area contributed by atoms with E-state index in [2.05, 4.69) is 31.0 Å². The molecule has 42 heavy (non-hydrogen) atoms. The number of hydrogen-bond donors (Lipinski definition) is 1. The monoisotopic (exact) mass is 588 g/mol. The zero-order chi connectivity index (χ0) is 31.3. The van der Waals surface area contributed by atoms with E-state index in [4.69, 9.17) is 9.47 Å². The SMILES string of the molecule is CCCC(NC(=O)N1C(=O)C(CC)(CC)C1OCC(=O)N(CCC)CCN(CCOCC)C(C)C)c1ccc(C)cc1. The largest absolute Gasteiger partial charge is 0.380 e. The van der Waals surface area contributed by atoms with E-state index >= 15 is 0 Å². The van der Waals surface area contributed by atoms with E-state index in [1.807, 2.05) is 63.8 Å². The van der Waals surface area contributed by atoms with Crippen LogP contribution in [0.1, 0.15) is 97.7 Å². The third-order valence-corrected chi connectivity index (χ3v) is 8.51. The summed E-state index contributed by atoms with van der Waals surface area (Å²) in [6.45, 7) is 20.2. The van der Waals surface area contributed by atoms with E-state index in [-0.39, 0.29) is 24.5 Å². The number of likely N-dealkylation sites (tertiary alicyclic amines) is 1. The Morgan fingerprint density at radius 1 is 0.976 bits per heavy atom. The lowest BCUT2D eigenvalue weighted by Gasteiger charge is -2.53. The van der Waals surface area contributed by atoms with Crippen LogP contribution in [0, 0.1) is 12.3 Å². The van der Waals surface area contributed by atoms with Crippen LogP contribution in [0.3, 0.4) is 0 Å². The molecule has 0 bridgehead atoms. The summed E-state index contributed by atoms with van der Waals surface area (Å²) in [4.78, 5) is 45.7. The Labute approximate surface area is 254 Å². The summed E-state index contributed by atoms with van der Waals surface area (Å²) in [5, 5.41) is 3.07. The maximum atomic E-state index is 13.5. The molecule has 1 fully saturated rings. The molecule has 1 aromatic carbocycles. The van der Waals surface area contributed by atoms with Gasteiger partial charge in [-0.3, -0.25) is 14.5 Å². The van der Waals surface area contributed by atoms with E-state index in [9.17, 15) is 14.4 Å². The Kier molecular flexibility index (Phi) is 14.9. The van der Waals surface area contributed by atoms with Gasteiger partial charge in [0.1, 0.15) is 6.61 Å². The summed E-state index contributed by atoms with van der Waals surface area (Å²) in [6, 6.07) is 7.72. The Bertz CT molecular complexity index is 979. The third-order valence-electron chi connectivity index (χ3n) is 8.51. The van der Waals surface area contributed by atoms with Gasteiger partial charge in [0.25, 0.3) is 0 Å². The number of nitrogens with one attached hydrogen (secondary N) is 1.